The van der Waals surface area contributed by atoms with Crippen molar-refractivity contribution in [3.05, 3.63) is 100 Å². The van der Waals surface area contributed by atoms with Crippen LogP contribution in [0, 0.1) is 0 Å². The minimum Gasteiger partial charge on any atom is -0.496 e. The summed E-state index contributed by atoms with van der Waals surface area (Å²) < 4.78 is 6.71. The number of hydrogen-bond donors (Lipinski definition) is 3. The zero-order chi connectivity index (χ0) is 27.8. The molecule has 6 aromatic rings. The van der Waals surface area contributed by atoms with Crippen molar-refractivity contribution >= 4 is 61.2 Å². The Bertz CT molecular complexity index is 1890. The number of hydrogen-bond acceptors (Lipinski definition) is 7. The Labute approximate surface area is 237 Å². The lowest BCUT2D eigenvalue weighted by Crippen LogP contribution is -2.14. The number of nitrogens with two attached hydrogens (primary N) is 1. The maximum Gasteiger partial charge on any atom is 0.336 e. The minimum atomic E-state index is -1.10. The molecule has 3 aromatic heterocycles. The number of anilines is 1. The molecule has 6 rings (SSSR count). The second kappa shape index (κ2) is 10.5. The smallest absolute Gasteiger partial charge is 0.336 e. The summed E-state index contributed by atoms with van der Waals surface area (Å²) in [5.74, 6) is -0.955. The molecule has 7 nitrogen and oxygen atoms in total. The van der Waals surface area contributed by atoms with E-state index in [1.165, 1.54) is 22.7 Å². The van der Waals surface area contributed by atoms with E-state index in [0.29, 0.717) is 40.2 Å². The van der Waals surface area contributed by atoms with Crippen LogP contribution in [0.25, 0.3) is 42.6 Å². The standard InChI is InChI=1S/C31H23N3O4S2/c1-38-27-14-21(20-13-26-24(12-23(20)31(36)37)29-18(16-33-26)8-10-40-29)22(11-25(27)28-3-2-9-39-28)30(35)34-19-6-4-17(15-32)5-7-19/h2-14,16H,15,32H2,1H3,(H,34,35)(H,36,37). The average molecular weight is 566 g/mol. The van der Waals surface area contributed by atoms with E-state index in [2.05, 4.69) is 10.3 Å². The number of nitrogens with one attached hydrogen (secondary N) is 1. The highest BCUT2D eigenvalue weighted by Crippen LogP contribution is 2.41. The van der Waals surface area contributed by atoms with Gasteiger partial charge in [-0.2, -0.15) is 0 Å². The van der Waals surface area contributed by atoms with Crippen LogP contribution in [0.2, 0.25) is 0 Å². The third-order valence-corrected chi connectivity index (χ3v) is 8.62. The predicted octanol–water partition coefficient (Wildman–Crippen LogP) is 7.26. The van der Waals surface area contributed by atoms with Crippen molar-refractivity contribution in [1.82, 2.24) is 4.98 Å². The van der Waals surface area contributed by atoms with E-state index in [1.807, 2.05) is 41.1 Å². The summed E-state index contributed by atoms with van der Waals surface area (Å²) in [4.78, 5) is 32.0. The topological polar surface area (TPSA) is 115 Å². The first kappa shape index (κ1) is 25.7. The first-order chi connectivity index (χ1) is 19.5. The number of aromatic nitrogens is 1. The number of thiophene rings is 2. The molecule has 0 spiro atoms. The lowest BCUT2D eigenvalue weighted by Gasteiger charge is -2.17. The quantitative estimate of drug-likeness (QED) is 0.188. The number of fused-ring (bicyclic) bond motifs is 3. The van der Waals surface area contributed by atoms with Crippen molar-refractivity contribution in [3.8, 4) is 27.3 Å². The first-order valence-corrected chi connectivity index (χ1v) is 14.1. The number of carboxylic acid groups (broad SMARTS) is 1. The van der Waals surface area contributed by atoms with Crippen molar-refractivity contribution in [2.45, 2.75) is 6.54 Å². The number of pyridine rings is 1. The Morgan fingerprint density at radius 1 is 0.950 bits per heavy atom. The maximum atomic E-state index is 13.8. The summed E-state index contributed by atoms with van der Waals surface area (Å²) in [6.07, 6.45) is 1.78. The van der Waals surface area contributed by atoms with Crippen LogP contribution >= 0.6 is 22.7 Å². The molecule has 0 unspecified atom stereocenters. The van der Waals surface area contributed by atoms with Gasteiger partial charge in [0, 0.05) is 49.9 Å². The number of aromatic carboxylic acids is 1. The lowest BCUT2D eigenvalue weighted by atomic mass is 9.91. The Morgan fingerprint density at radius 3 is 2.45 bits per heavy atom. The van der Waals surface area contributed by atoms with Crippen LogP contribution < -0.4 is 15.8 Å². The van der Waals surface area contributed by atoms with E-state index >= 15 is 0 Å². The summed E-state index contributed by atoms with van der Waals surface area (Å²) in [7, 11) is 1.56. The SMILES string of the molecule is COc1cc(-c2cc3ncc4ccsc4c3cc2C(=O)O)c(C(=O)Nc2ccc(CN)cc2)cc1-c1cccs1. The number of carboxylic acids is 1. The van der Waals surface area contributed by atoms with Gasteiger partial charge >= 0.3 is 5.97 Å². The molecule has 3 aromatic carbocycles. The largest absolute Gasteiger partial charge is 0.496 e. The molecule has 1 amide bonds. The molecule has 0 aliphatic heterocycles. The van der Waals surface area contributed by atoms with Crippen molar-refractivity contribution in [2.24, 2.45) is 5.73 Å². The van der Waals surface area contributed by atoms with Gasteiger partial charge in [0.05, 0.1) is 18.2 Å². The second-order valence-electron chi connectivity index (χ2n) is 9.11. The number of nitrogens with zero attached hydrogens (tertiary/aromatic N) is 1. The molecule has 0 saturated heterocycles. The highest BCUT2D eigenvalue weighted by atomic mass is 32.1. The van der Waals surface area contributed by atoms with E-state index < -0.39 is 5.97 Å². The molecule has 198 valence electrons. The molecule has 0 radical (unpaired) electrons. The van der Waals surface area contributed by atoms with Crippen LogP contribution in [0.3, 0.4) is 0 Å². The van der Waals surface area contributed by atoms with Gasteiger partial charge in [-0.1, -0.05) is 18.2 Å². The minimum absolute atomic E-state index is 0.0717. The Balaban J connectivity index is 1.58. The van der Waals surface area contributed by atoms with E-state index in [9.17, 15) is 14.7 Å². The number of benzene rings is 3. The molecule has 0 aliphatic rings. The van der Waals surface area contributed by atoms with Gasteiger partial charge in [-0.3, -0.25) is 9.78 Å². The number of amides is 1. The van der Waals surface area contributed by atoms with Gasteiger partial charge in [0.1, 0.15) is 5.75 Å². The van der Waals surface area contributed by atoms with Crippen LogP contribution in [-0.4, -0.2) is 29.1 Å². The van der Waals surface area contributed by atoms with Crippen LogP contribution in [0.4, 0.5) is 5.69 Å². The van der Waals surface area contributed by atoms with Crippen LogP contribution in [0.1, 0.15) is 26.3 Å². The van der Waals surface area contributed by atoms with E-state index in [1.54, 1.807) is 49.7 Å². The van der Waals surface area contributed by atoms with Gasteiger partial charge in [0.25, 0.3) is 5.91 Å². The summed E-state index contributed by atoms with van der Waals surface area (Å²) in [6, 6.07) is 20.0. The third-order valence-electron chi connectivity index (χ3n) is 6.76. The summed E-state index contributed by atoms with van der Waals surface area (Å²) in [5.41, 5.74) is 9.83. The molecule has 0 atom stereocenters. The molecule has 0 aliphatic carbocycles. The molecular formula is C31H23N3O4S2. The zero-order valence-electron chi connectivity index (χ0n) is 21.3. The van der Waals surface area contributed by atoms with Crippen molar-refractivity contribution in [2.75, 3.05) is 12.4 Å². The van der Waals surface area contributed by atoms with Crippen molar-refractivity contribution < 1.29 is 19.4 Å². The Kier molecular flexibility index (Phi) is 6.77. The van der Waals surface area contributed by atoms with E-state index in [0.717, 1.165) is 31.5 Å². The average Bonchev–Trinajstić information content (AvgIpc) is 3.69. The number of ether oxygens (including phenoxy) is 1. The molecule has 9 heteroatoms. The third kappa shape index (κ3) is 4.60. The monoisotopic (exact) mass is 565 g/mol. The zero-order valence-corrected chi connectivity index (χ0v) is 22.9. The molecule has 40 heavy (non-hydrogen) atoms. The fourth-order valence-electron chi connectivity index (χ4n) is 4.76. The first-order valence-electron chi connectivity index (χ1n) is 12.4. The van der Waals surface area contributed by atoms with Crippen LogP contribution in [-0.2, 0) is 6.54 Å². The molecule has 0 saturated carbocycles. The number of methoxy groups -OCH3 is 1. The summed E-state index contributed by atoms with van der Waals surface area (Å²) in [6.45, 7) is 0.396. The van der Waals surface area contributed by atoms with Gasteiger partial charge in [0.2, 0.25) is 0 Å². The van der Waals surface area contributed by atoms with E-state index in [-0.39, 0.29) is 11.5 Å². The second-order valence-corrected chi connectivity index (χ2v) is 11.0. The van der Waals surface area contributed by atoms with Gasteiger partial charge in [-0.15, -0.1) is 22.7 Å². The van der Waals surface area contributed by atoms with Crippen LogP contribution in [0.5, 0.6) is 5.75 Å². The summed E-state index contributed by atoms with van der Waals surface area (Å²) >= 11 is 3.05. The molecule has 3 heterocycles. The lowest BCUT2D eigenvalue weighted by molar-refractivity contribution is 0.0697. The van der Waals surface area contributed by atoms with Gasteiger partial charge < -0.3 is 20.9 Å². The normalized spacial score (nSPS) is 11.2. The summed E-state index contributed by atoms with van der Waals surface area (Å²) in [5, 5.41) is 18.9. The number of carbonyl (C=O) groups is 2. The van der Waals surface area contributed by atoms with Gasteiger partial charge in [-0.25, -0.2) is 4.79 Å². The Morgan fingerprint density at radius 2 is 1.75 bits per heavy atom. The van der Waals surface area contributed by atoms with Crippen LogP contribution in [0.15, 0.2) is 83.7 Å². The number of rotatable bonds is 7. The molecule has 0 bridgehead atoms. The van der Waals surface area contributed by atoms with E-state index in [4.69, 9.17) is 10.5 Å². The fourth-order valence-corrected chi connectivity index (χ4v) is 6.41. The number of carbonyl (C=O) groups excluding carboxylic acids is 1. The maximum absolute atomic E-state index is 13.8. The molecule has 0 fully saturated rings. The van der Waals surface area contributed by atoms with Crippen molar-refractivity contribution in [3.63, 3.8) is 0 Å². The molecule has 4 N–H and O–H groups in total. The fraction of sp³-hybridized carbons (Fsp3) is 0.0645. The van der Waals surface area contributed by atoms with Gasteiger partial charge in [-0.05, 0) is 76.0 Å². The molecular weight excluding hydrogens is 542 g/mol. The highest BCUT2D eigenvalue weighted by Gasteiger charge is 2.24. The predicted molar refractivity (Wildman–Crippen MR) is 162 cm³/mol. The van der Waals surface area contributed by atoms with Crippen molar-refractivity contribution in [1.29, 1.82) is 0 Å². The highest BCUT2D eigenvalue weighted by molar-refractivity contribution is 7.18. The Hall–Kier alpha value is -4.57. The van der Waals surface area contributed by atoms with Gasteiger partial charge in [0.15, 0.2) is 0 Å².